The van der Waals surface area contributed by atoms with E-state index in [1.54, 1.807) is 6.07 Å². The summed E-state index contributed by atoms with van der Waals surface area (Å²) in [6, 6.07) is 3.14. The first-order valence-corrected chi connectivity index (χ1v) is 4.76. The first-order chi connectivity index (χ1) is 7.09. The lowest BCUT2D eigenvalue weighted by molar-refractivity contribution is 0.0696. The van der Waals surface area contributed by atoms with Crippen LogP contribution < -0.4 is 9.47 Å². The number of aromatic carboxylic acids is 1. The van der Waals surface area contributed by atoms with Gasteiger partial charge >= 0.3 is 5.97 Å². The molecule has 1 aliphatic heterocycles. The smallest absolute Gasteiger partial charge is 0.335 e. The van der Waals surface area contributed by atoms with Crippen LogP contribution in [0.25, 0.3) is 0 Å². The topological polar surface area (TPSA) is 55.8 Å². The summed E-state index contributed by atoms with van der Waals surface area (Å²) in [5.41, 5.74) is 1.12. The van der Waals surface area contributed by atoms with E-state index in [1.807, 2.05) is 13.8 Å². The van der Waals surface area contributed by atoms with Crippen LogP contribution in [0, 0.1) is 0 Å². The Hall–Kier alpha value is -1.71. The van der Waals surface area contributed by atoms with E-state index < -0.39 is 5.97 Å². The number of ether oxygens (including phenoxy) is 2. The van der Waals surface area contributed by atoms with Crippen molar-refractivity contribution in [3.63, 3.8) is 0 Å². The molecule has 4 nitrogen and oxygen atoms in total. The Morgan fingerprint density at radius 2 is 2.13 bits per heavy atom. The Morgan fingerprint density at radius 1 is 1.40 bits per heavy atom. The van der Waals surface area contributed by atoms with Crippen molar-refractivity contribution in [3.8, 4) is 11.5 Å². The molecule has 1 aromatic rings. The third-order valence-electron chi connectivity index (χ3n) is 2.37. The number of fused-ring (bicyclic) bond motifs is 1. The molecule has 0 saturated heterocycles. The molecule has 2 rings (SSSR count). The van der Waals surface area contributed by atoms with Crippen molar-refractivity contribution >= 4 is 5.97 Å². The summed E-state index contributed by atoms with van der Waals surface area (Å²) >= 11 is 0. The van der Waals surface area contributed by atoms with Crippen molar-refractivity contribution in [2.75, 3.05) is 6.79 Å². The van der Waals surface area contributed by atoms with E-state index in [0.29, 0.717) is 11.5 Å². The highest BCUT2D eigenvalue weighted by atomic mass is 16.7. The lowest BCUT2D eigenvalue weighted by Gasteiger charge is -2.10. The number of benzene rings is 1. The van der Waals surface area contributed by atoms with Crippen LogP contribution in [-0.4, -0.2) is 17.9 Å². The highest BCUT2D eigenvalue weighted by Gasteiger charge is 2.22. The summed E-state index contributed by atoms with van der Waals surface area (Å²) in [6.45, 7) is 4.14. The minimum Gasteiger partial charge on any atom is -0.478 e. The van der Waals surface area contributed by atoms with Gasteiger partial charge in [-0.2, -0.15) is 0 Å². The van der Waals surface area contributed by atoms with Crippen molar-refractivity contribution in [1.82, 2.24) is 0 Å². The van der Waals surface area contributed by atoms with E-state index in [9.17, 15) is 4.79 Å². The van der Waals surface area contributed by atoms with Crippen LogP contribution in [0.5, 0.6) is 11.5 Å². The summed E-state index contributed by atoms with van der Waals surface area (Å²) in [4.78, 5) is 10.9. The molecule has 80 valence electrons. The van der Waals surface area contributed by atoms with Crippen molar-refractivity contribution in [2.45, 2.75) is 19.8 Å². The van der Waals surface area contributed by atoms with E-state index in [4.69, 9.17) is 14.6 Å². The third-order valence-corrected chi connectivity index (χ3v) is 2.37. The maximum atomic E-state index is 10.9. The molecule has 1 heterocycles. The molecule has 0 radical (unpaired) electrons. The Kier molecular flexibility index (Phi) is 2.26. The van der Waals surface area contributed by atoms with E-state index in [0.717, 1.165) is 5.56 Å². The monoisotopic (exact) mass is 208 g/mol. The maximum Gasteiger partial charge on any atom is 0.335 e. The van der Waals surface area contributed by atoms with Gasteiger partial charge in [0.25, 0.3) is 0 Å². The molecule has 0 amide bonds. The summed E-state index contributed by atoms with van der Waals surface area (Å²) in [6.07, 6.45) is 0. The van der Waals surface area contributed by atoms with Crippen LogP contribution in [0.15, 0.2) is 12.1 Å². The van der Waals surface area contributed by atoms with E-state index >= 15 is 0 Å². The standard InChI is InChI=1S/C11H12O4/c1-6(2)8-3-7(11(12)13)4-9-10(8)15-5-14-9/h3-4,6H,5H2,1-2H3,(H,12,13). The first-order valence-electron chi connectivity index (χ1n) is 4.76. The summed E-state index contributed by atoms with van der Waals surface area (Å²) in [5, 5.41) is 8.93. The maximum absolute atomic E-state index is 10.9. The predicted octanol–water partition coefficient (Wildman–Crippen LogP) is 2.24. The summed E-state index contributed by atoms with van der Waals surface area (Å²) in [5.74, 6) is 0.462. The largest absolute Gasteiger partial charge is 0.478 e. The second-order valence-electron chi connectivity index (χ2n) is 3.76. The molecule has 0 saturated carbocycles. The molecule has 1 aliphatic rings. The lowest BCUT2D eigenvalue weighted by atomic mass is 9.99. The SMILES string of the molecule is CC(C)c1cc(C(=O)O)cc2c1OCO2. The van der Waals surface area contributed by atoms with Gasteiger partial charge in [0.15, 0.2) is 11.5 Å². The summed E-state index contributed by atoms with van der Waals surface area (Å²) < 4.78 is 10.5. The minimum absolute atomic E-state index is 0.165. The molecule has 4 heteroatoms. The molecule has 15 heavy (non-hydrogen) atoms. The number of carboxylic acids is 1. The van der Waals surface area contributed by atoms with Crippen molar-refractivity contribution in [2.24, 2.45) is 0 Å². The molecule has 0 fully saturated rings. The van der Waals surface area contributed by atoms with Crippen LogP contribution >= 0.6 is 0 Å². The van der Waals surface area contributed by atoms with Gasteiger partial charge in [0.05, 0.1) is 5.56 Å². The zero-order chi connectivity index (χ0) is 11.0. The Bertz CT molecular complexity index is 409. The number of rotatable bonds is 2. The van der Waals surface area contributed by atoms with E-state index in [-0.39, 0.29) is 18.3 Å². The van der Waals surface area contributed by atoms with Crippen LogP contribution in [0.1, 0.15) is 35.7 Å². The average molecular weight is 208 g/mol. The zero-order valence-corrected chi connectivity index (χ0v) is 8.61. The van der Waals surface area contributed by atoms with Gasteiger partial charge in [-0.1, -0.05) is 13.8 Å². The third kappa shape index (κ3) is 1.63. The Labute approximate surface area is 87.4 Å². The quantitative estimate of drug-likeness (QED) is 0.809. The van der Waals surface area contributed by atoms with Gasteiger partial charge in [0.1, 0.15) is 0 Å². The molecule has 0 spiro atoms. The van der Waals surface area contributed by atoms with Gasteiger partial charge < -0.3 is 14.6 Å². The zero-order valence-electron chi connectivity index (χ0n) is 8.61. The molecular weight excluding hydrogens is 196 g/mol. The number of hydrogen-bond acceptors (Lipinski definition) is 3. The van der Waals surface area contributed by atoms with Crippen LogP contribution in [0.4, 0.5) is 0 Å². The van der Waals surface area contributed by atoms with Crippen molar-refractivity contribution in [3.05, 3.63) is 23.3 Å². The number of carbonyl (C=O) groups is 1. The molecule has 0 bridgehead atoms. The molecule has 0 atom stereocenters. The molecule has 0 aliphatic carbocycles. The lowest BCUT2D eigenvalue weighted by Crippen LogP contribution is -1.99. The second kappa shape index (κ2) is 3.46. The first kappa shape index (κ1) is 9.83. The number of carboxylic acid groups (broad SMARTS) is 1. The fourth-order valence-electron chi connectivity index (χ4n) is 1.59. The van der Waals surface area contributed by atoms with Crippen LogP contribution in [0.3, 0.4) is 0 Å². The average Bonchev–Trinajstić information content (AvgIpc) is 2.62. The minimum atomic E-state index is -0.949. The van der Waals surface area contributed by atoms with Crippen molar-refractivity contribution < 1.29 is 19.4 Å². The molecule has 1 aromatic carbocycles. The molecular formula is C11H12O4. The van der Waals surface area contributed by atoms with Gasteiger partial charge in [-0.25, -0.2) is 4.79 Å². The van der Waals surface area contributed by atoms with Crippen LogP contribution in [0.2, 0.25) is 0 Å². The van der Waals surface area contributed by atoms with Gasteiger partial charge in [-0.05, 0) is 18.1 Å². The summed E-state index contributed by atoms with van der Waals surface area (Å²) in [7, 11) is 0. The fraction of sp³-hybridized carbons (Fsp3) is 0.364. The second-order valence-corrected chi connectivity index (χ2v) is 3.76. The van der Waals surface area contributed by atoms with Crippen LogP contribution in [-0.2, 0) is 0 Å². The van der Waals surface area contributed by atoms with Gasteiger partial charge in [-0.3, -0.25) is 0 Å². The predicted molar refractivity (Wildman–Crippen MR) is 53.6 cm³/mol. The molecule has 0 aromatic heterocycles. The molecule has 1 N–H and O–H groups in total. The molecule has 0 unspecified atom stereocenters. The van der Waals surface area contributed by atoms with Crippen molar-refractivity contribution in [1.29, 1.82) is 0 Å². The number of hydrogen-bond donors (Lipinski definition) is 1. The van der Waals surface area contributed by atoms with Gasteiger partial charge in [-0.15, -0.1) is 0 Å². The Morgan fingerprint density at radius 3 is 2.73 bits per heavy atom. The Balaban J connectivity index is 2.57. The van der Waals surface area contributed by atoms with Gasteiger partial charge in [0.2, 0.25) is 6.79 Å². The normalized spacial score (nSPS) is 13.3. The van der Waals surface area contributed by atoms with E-state index in [1.165, 1.54) is 6.07 Å². The fourth-order valence-corrected chi connectivity index (χ4v) is 1.59. The highest BCUT2D eigenvalue weighted by Crippen LogP contribution is 2.40. The van der Waals surface area contributed by atoms with Gasteiger partial charge in [0, 0.05) is 5.56 Å². The van der Waals surface area contributed by atoms with E-state index in [2.05, 4.69) is 0 Å². The highest BCUT2D eigenvalue weighted by molar-refractivity contribution is 5.89.